The van der Waals surface area contributed by atoms with Gasteiger partial charge in [0.25, 0.3) is 0 Å². The lowest BCUT2D eigenvalue weighted by Gasteiger charge is -2.25. The van der Waals surface area contributed by atoms with Gasteiger partial charge in [-0.3, -0.25) is 0 Å². The van der Waals surface area contributed by atoms with Gasteiger partial charge in [0, 0.05) is 53.5 Å². The van der Waals surface area contributed by atoms with E-state index in [0.29, 0.717) is 0 Å². The molecule has 0 atom stereocenters. The molecule has 0 spiro atoms. The molecule has 0 amide bonds. The molecular weight excluding hydrogens is 697 g/mol. The summed E-state index contributed by atoms with van der Waals surface area (Å²) in [6, 6.07) is 60.8. The smallest absolute Gasteiger partial charge is 0.0546 e. The van der Waals surface area contributed by atoms with Crippen molar-refractivity contribution >= 4 is 95.9 Å². The Hall–Kier alpha value is -6.94. The molecular formula is C53H38N2S. The zero-order valence-electron chi connectivity index (χ0n) is 30.8. The van der Waals surface area contributed by atoms with E-state index in [4.69, 9.17) is 0 Å². The molecule has 7 aromatic carbocycles. The number of aromatic nitrogens is 1. The summed E-state index contributed by atoms with van der Waals surface area (Å²) < 4.78 is 4.94. The highest BCUT2D eigenvalue weighted by molar-refractivity contribution is 7.25. The molecule has 1 aliphatic rings. The lowest BCUT2D eigenvalue weighted by atomic mass is 9.98. The molecule has 2 aromatic heterocycles. The van der Waals surface area contributed by atoms with E-state index < -0.39 is 0 Å². The van der Waals surface area contributed by atoms with Crippen LogP contribution < -0.4 is 15.5 Å². The predicted molar refractivity (Wildman–Crippen MR) is 244 cm³/mol. The monoisotopic (exact) mass is 734 g/mol. The highest BCUT2D eigenvalue weighted by Crippen LogP contribution is 2.38. The quantitative estimate of drug-likeness (QED) is 0.148. The standard InChI is InChI=1S/C53H38N2S/c1-37-49-34-29-40(13-11-14-41-15-12-22-50(53(37)41)55(49)45-20-9-4-10-21-45)42-28-33-48-47-32-27-39(35-51(47)56-52(48)36-42)24-23-38-25-30-46(31-26-38)54(43-16-5-2-6-17-43)44-18-7-3-8-19-44/h2-12,14-36H,1,13H2/b14-11-,24-23+,40-29+,49-34-. The molecule has 2 heterocycles. The minimum atomic E-state index is 0.841. The van der Waals surface area contributed by atoms with Crippen molar-refractivity contribution in [1.29, 1.82) is 0 Å². The van der Waals surface area contributed by atoms with Gasteiger partial charge in [-0.15, -0.1) is 11.3 Å². The van der Waals surface area contributed by atoms with Crippen LogP contribution in [0.5, 0.6) is 0 Å². The summed E-state index contributed by atoms with van der Waals surface area (Å²) in [6.07, 6.45) is 14.4. The van der Waals surface area contributed by atoms with Crippen molar-refractivity contribution in [3.63, 3.8) is 0 Å². The average molecular weight is 735 g/mol. The van der Waals surface area contributed by atoms with Crippen LogP contribution in [0, 0.1) is 0 Å². The van der Waals surface area contributed by atoms with E-state index in [1.54, 1.807) is 0 Å². The van der Waals surface area contributed by atoms with E-state index in [-0.39, 0.29) is 0 Å². The van der Waals surface area contributed by atoms with Crippen LogP contribution in [0.2, 0.25) is 0 Å². The normalized spacial score (nSPS) is 14.9. The van der Waals surface area contributed by atoms with Gasteiger partial charge in [-0.25, -0.2) is 0 Å². The third-order valence-electron chi connectivity index (χ3n) is 10.8. The first kappa shape index (κ1) is 33.6. The fourth-order valence-corrected chi connectivity index (χ4v) is 9.23. The summed E-state index contributed by atoms with van der Waals surface area (Å²) in [6.45, 7) is 4.59. The van der Waals surface area contributed by atoms with Crippen molar-refractivity contribution in [3.05, 3.63) is 215 Å². The van der Waals surface area contributed by atoms with Gasteiger partial charge >= 0.3 is 0 Å². The number of hydrogen-bond acceptors (Lipinski definition) is 2. The second-order valence-corrected chi connectivity index (χ2v) is 15.3. The van der Waals surface area contributed by atoms with E-state index in [9.17, 15) is 0 Å². The summed E-state index contributed by atoms with van der Waals surface area (Å²) in [5.74, 6) is 0. The lowest BCUT2D eigenvalue weighted by Crippen LogP contribution is -2.27. The molecule has 266 valence electrons. The zero-order chi connectivity index (χ0) is 37.4. The molecule has 0 fully saturated rings. The summed E-state index contributed by atoms with van der Waals surface area (Å²) in [4.78, 5) is 2.29. The fraction of sp³-hybridized carbons (Fsp3) is 0.0189. The van der Waals surface area contributed by atoms with E-state index >= 15 is 0 Å². The Bertz CT molecular complexity index is 3050. The second-order valence-electron chi connectivity index (χ2n) is 14.2. The van der Waals surface area contributed by atoms with Crippen LogP contribution in [0.15, 0.2) is 182 Å². The van der Waals surface area contributed by atoms with E-state index in [1.165, 1.54) is 53.3 Å². The Morgan fingerprint density at radius 2 is 1.20 bits per heavy atom. The molecule has 2 nitrogen and oxygen atoms in total. The average Bonchev–Trinajstić information content (AvgIpc) is 3.76. The topological polar surface area (TPSA) is 8.17 Å². The van der Waals surface area contributed by atoms with Gasteiger partial charge in [-0.1, -0.05) is 140 Å². The van der Waals surface area contributed by atoms with E-state index in [0.717, 1.165) is 45.3 Å². The number of para-hydroxylation sites is 3. The first-order chi connectivity index (χ1) is 27.7. The molecule has 9 aromatic rings. The van der Waals surface area contributed by atoms with Gasteiger partial charge in [0.1, 0.15) is 0 Å². The van der Waals surface area contributed by atoms with Gasteiger partial charge in [-0.05, 0) is 107 Å². The van der Waals surface area contributed by atoms with Crippen LogP contribution in [0.25, 0.3) is 73.2 Å². The van der Waals surface area contributed by atoms with Crippen LogP contribution in [-0.4, -0.2) is 4.57 Å². The van der Waals surface area contributed by atoms with Gasteiger partial charge in [0.15, 0.2) is 0 Å². The van der Waals surface area contributed by atoms with Gasteiger partial charge in [-0.2, -0.15) is 0 Å². The van der Waals surface area contributed by atoms with E-state index in [1.807, 2.05) is 11.3 Å². The summed E-state index contributed by atoms with van der Waals surface area (Å²) in [5.41, 5.74) is 11.8. The van der Waals surface area contributed by atoms with Crippen LogP contribution in [-0.2, 0) is 0 Å². The largest absolute Gasteiger partial charge is 0.311 e. The molecule has 3 heteroatoms. The molecule has 0 aliphatic heterocycles. The number of benzene rings is 7. The maximum absolute atomic E-state index is 4.59. The lowest BCUT2D eigenvalue weighted by molar-refractivity contribution is 1.07. The molecule has 0 radical (unpaired) electrons. The van der Waals surface area contributed by atoms with Crippen LogP contribution in [0.4, 0.5) is 17.1 Å². The van der Waals surface area contributed by atoms with Crippen molar-refractivity contribution in [2.75, 3.05) is 4.90 Å². The summed E-state index contributed by atoms with van der Waals surface area (Å²) in [5, 5.41) is 5.99. The number of nitrogens with zero attached hydrogens (tertiary/aromatic N) is 2. The molecule has 0 N–H and O–H groups in total. The number of thiophene rings is 1. The van der Waals surface area contributed by atoms with Crippen molar-refractivity contribution in [1.82, 2.24) is 4.57 Å². The first-order valence-corrected chi connectivity index (χ1v) is 19.9. The van der Waals surface area contributed by atoms with Crippen molar-refractivity contribution in [2.24, 2.45) is 0 Å². The number of anilines is 3. The van der Waals surface area contributed by atoms with Gasteiger partial charge in [0.2, 0.25) is 0 Å². The molecule has 0 saturated heterocycles. The number of rotatable bonds is 7. The van der Waals surface area contributed by atoms with Gasteiger partial charge < -0.3 is 9.47 Å². The van der Waals surface area contributed by atoms with Crippen LogP contribution >= 0.6 is 11.3 Å². The Labute approximate surface area is 330 Å². The predicted octanol–water partition coefficient (Wildman–Crippen LogP) is 13.3. The third kappa shape index (κ3) is 6.18. The Kier molecular flexibility index (Phi) is 8.63. The zero-order valence-corrected chi connectivity index (χ0v) is 31.7. The third-order valence-corrected chi connectivity index (χ3v) is 11.9. The number of allylic oxidation sites excluding steroid dienone is 3. The summed E-state index contributed by atoms with van der Waals surface area (Å²) in [7, 11) is 0. The summed E-state index contributed by atoms with van der Waals surface area (Å²) >= 11 is 1.87. The van der Waals surface area contributed by atoms with Crippen LogP contribution in [0.1, 0.15) is 28.7 Å². The molecule has 0 unspecified atom stereocenters. The van der Waals surface area contributed by atoms with E-state index in [2.05, 4.69) is 222 Å². The maximum atomic E-state index is 4.59. The molecule has 2 bridgehead atoms. The Balaban J connectivity index is 0.954. The first-order valence-electron chi connectivity index (χ1n) is 19.1. The Morgan fingerprint density at radius 3 is 1.93 bits per heavy atom. The van der Waals surface area contributed by atoms with Crippen LogP contribution in [0.3, 0.4) is 0 Å². The maximum Gasteiger partial charge on any atom is 0.0546 e. The minimum absolute atomic E-state index is 0.841. The number of fused-ring (bicyclic) bond motifs is 4. The van der Waals surface area contributed by atoms with Crippen molar-refractivity contribution in [2.45, 2.75) is 6.42 Å². The highest BCUT2D eigenvalue weighted by Gasteiger charge is 2.14. The molecule has 1 aliphatic carbocycles. The number of hydrogen-bond donors (Lipinski definition) is 0. The Morgan fingerprint density at radius 1 is 0.571 bits per heavy atom. The van der Waals surface area contributed by atoms with Crippen molar-refractivity contribution in [3.8, 4) is 5.69 Å². The van der Waals surface area contributed by atoms with Gasteiger partial charge in [0.05, 0.1) is 10.9 Å². The molecule has 10 rings (SSSR count). The SMILES string of the molecule is C=c1/c2n(-c3ccccc3)c3cccc(c13)/C=C\C/C(c1ccc3c(c1)sc1cc(/C=C/c4ccc(N(c5ccccc5)c5ccccc5)cc4)ccc13)=C\C=2. The molecule has 0 saturated carbocycles. The molecule has 56 heavy (non-hydrogen) atoms. The van der Waals surface area contributed by atoms with Crippen molar-refractivity contribution < 1.29 is 0 Å². The minimum Gasteiger partial charge on any atom is -0.311 e. The fourth-order valence-electron chi connectivity index (χ4n) is 8.03. The second kappa shape index (κ2) is 14.4. The highest BCUT2D eigenvalue weighted by atomic mass is 32.1.